The highest BCUT2D eigenvalue weighted by atomic mass is 32.2. The second-order valence-corrected chi connectivity index (χ2v) is 3.81. The van der Waals surface area contributed by atoms with E-state index in [-0.39, 0.29) is 0 Å². The van der Waals surface area contributed by atoms with Crippen LogP contribution in [0.25, 0.3) is 0 Å². The molecule has 0 radical (unpaired) electrons. The minimum atomic E-state index is 0.832. The van der Waals surface area contributed by atoms with E-state index in [0.717, 1.165) is 29.4 Å². The van der Waals surface area contributed by atoms with Crippen LogP contribution in [0.3, 0.4) is 0 Å². The molecule has 0 aliphatic rings. The van der Waals surface area contributed by atoms with Gasteiger partial charge in [0, 0.05) is 30.3 Å². The first-order valence-corrected chi connectivity index (χ1v) is 5.43. The predicted octanol–water partition coefficient (Wildman–Crippen LogP) is 1.70. The van der Waals surface area contributed by atoms with Gasteiger partial charge in [-0.15, -0.1) is 0 Å². The summed E-state index contributed by atoms with van der Waals surface area (Å²) in [6.45, 7) is 2.99. The van der Waals surface area contributed by atoms with Crippen LogP contribution in [0.15, 0.2) is 17.6 Å². The number of nitrogens with one attached hydrogen (secondary N) is 1. The third-order valence-electron chi connectivity index (χ3n) is 1.50. The quantitative estimate of drug-likeness (QED) is 0.576. The van der Waals surface area contributed by atoms with Crippen LogP contribution < -0.4 is 5.32 Å². The molecule has 1 aromatic rings. The Morgan fingerprint density at radius 1 is 1.38 bits per heavy atom. The fourth-order valence-corrected chi connectivity index (χ4v) is 1.55. The second-order valence-electron chi connectivity index (χ2n) is 2.75. The van der Waals surface area contributed by atoms with Gasteiger partial charge in [0.15, 0.2) is 5.16 Å². The highest BCUT2D eigenvalue weighted by molar-refractivity contribution is 7.99. The highest BCUT2D eigenvalue weighted by Gasteiger charge is 1.96. The predicted molar refractivity (Wildman–Crippen MR) is 55.8 cm³/mol. The van der Waals surface area contributed by atoms with E-state index in [9.17, 15) is 0 Å². The Morgan fingerprint density at radius 2 is 2.08 bits per heavy atom. The zero-order valence-corrected chi connectivity index (χ0v) is 8.90. The molecule has 13 heavy (non-hydrogen) atoms. The van der Waals surface area contributed by atoms with Gasteiger partial charge in [-0.25, -0.2) is 9.97 Å². The molecule has 0 saturated carbocycles. The summed E-state index contributed by atoms with van der Waals surface area (Å²) in [7, 11) is 1.92. The Kier molecular flexibility index (Phi) is 4.78. The van der Waals surface area contributed by atoms with E-state index in [1.807, 2.05) is 19.4 Å². The van der Waals surface area contributed by atoms with Gasteiger partial charge < -0.3 is 5.32 Å². The molecule has 1 heterocycles. The summed E-state index contributed by atoms with van der Waals surface area (Å²) >= 11 is 1.70. The molecule has 1 rings (SSSR count). The van der Waals surface area contributed by atoms with Crippen molar-refractivity contribution in [3.8, 4) is 0 Å². The lowest BCUT2D eigenvalue weighted by atomic mass is 10.3. The first kappa shape index (κ1) is 10.5. The summed E-state index contributed by atoms with van der Waals surface area (Å²) in [4.78, 5) is 8.49. The van der Waals surface area contributed by atoms with Crippen molar-refractivity contribution in [1.82, 2.24) is 15.3 Å². The number of thioether (sulfide) groups is 1. The van der Waals surface area contributed by atoms with Crippen LogP contribution in [0.4, 0.5) is 0 Å². The van der Waals surface area contributed by atoms with E-state index in [0.29, 0.717) is 0 Å². The molecule has 0 aliphatic heterocycles. The molecule has 3 nitrogen and oxygen atoms in total. The minimum absolute atomic E-state index is 0.832. The maximum Gasteiger partial charge on any atom is 0.187 e. The number of hydrogen-bond acceptors (Lipinski definition) is 4. The zero-order chi connectivity index (χ0) is 9.52. The second kappa shape index (κ2) is 5.94. The molecule has 0 aliphatic carbocycles. The van der Waals surface area contributed by atoms with Crippen molar-refractivity contribution in [2.45, 2.75) is 25.0 Å². The van der Waals surface area contributed by atoms with Crippen LogP contribution >= 0.6 is 11.8 Å². The minimum Gasteiger partial charge on any atom is -0.316 e. The van der Waals surface area contributed by atoms with Crippen molar-refractivity contribution in [2.24, 2.45) is 0 Å². The maximum absolute atomic E-state index is 4.25. The fourth-order valence-electron chi connectivity index (χ4n) is 0.906. The largest absolute Gasteiger partial charge is 0.316 e. The van der Waals surface area contributed by atoms with E-state index >= 15 is 0 Å². The van der Waals surface area contributed by atoms with Crippen molar-refractivity contribution in [1.29, 1.82) is 0 Å². The van der Waals surface area contributed by atoms with Gasteiger partial charge in [0.1, 0.15) is 0 Å². The molecule has 0 aromatic carbocycles. The molecule has 0 fully saturated rings. The van der Waals surface area contributed by atoms with Crippen molar-refractivity contribution < 1.29 is 0 Å². The van der Waals surface area contributed by atoms with Gasteiger partial charge >= 0.3 is 0 Å². The first-order chi connectivity index (χ1) is 6.36. The molecule has 4 heteroatoms. The fraction of sp³-hybridized carbons (Fsp3) is 0.556. The smallest absolute Gasteiger partial charge is 0.187 e. The van der Waals surface area contributed by atoms with Crippen LogP contribution in [-0.4, -0.2) is 22.8 Å². The molecule has 0 bridgehead atoms. The average Bonchev–Trinajstić information content (AvgIpc) is 2.17. The van der Waals surface area contributed by atoms with E-state index in [1.165, 1.54) is 0 Å². The van der Waals surface area contributed by atoms with Crippen LogP contribution in [-0.2, 0) is 6.54 Å². The molecule has 72 valence electrons. The maximum atomic E-state index is 4.25. The molecule has 0 atom stereocenters. The van der Waals surface area contributed by atoms with Crippen LogP contribution in [0.2, 0.25) is 0 Å². The van der Waals surface area contributed by atoms with E-state index in [2.05, 4.69) is 22.2 Å². The summed E-state index contributed by atoms with van der Waals surface area (Å²) in [6, 6.07) is 0. The molecule has 1 N–H and O–H groups in total. The summed E-state index contributed by atoms with van der Waals surface area (Å²) in [5.41, 5.74) is 1.13. The van der Waals surface area contributed by atoms with Gasteiger partial charge in [-0.05, 0) is 13.5 Å². The van der Waals surface area contributed by atoms with Crippen LogP contribution in [0.1, 0.15) is 18.9 Å². The molecule has 0 amide bonds. The zero-order valence-electron chi connectivity index (χ0n) is 8.08. The lowest BCUT2D eigenvalue weighted by Gasteiger charge is -2.00. The van der Waals surface area contributed by atoms with Crippen molar-refractivity contribution in [3.05, 3.63) is 18.0 Å². The monoisotopic (exact) mass is 197 g/mol. The standard InChI is InChI=1S/C9H15N3S/c1-3-4-13-9-11-6-8(5-10-2)7-12-9/h6-7,10H,3-5H2,1-2H3. The Morgan fingerprint density at radius 3 is 2.62 bits per heavy atom. The van der Waals surface area contributed by atoms with Gasteiger partial charge in [0.05, 0.1) is 0 Å². The lowest BCUT2D eigenvalue weighted by Crippen LogP contribution is -2.05. The van der Waals surface area contributed by atoms with Gasteiger partial charge in [0.2, 0.25) is 0 Å². The number of rotatable bonds is 5. The topological polar surface area (TPSA) is 37.8 Å². The summed E-state index contributed by atoms with van der Waals surface area (Å²) in [5.74, 6) is 1.09. The third-order valence-corrected chi connectivity index (χ3v) is 2.58. The van der Waals surface area contributed by atoms with Crippen LogP contribution in [0.5, 0.6) is 0 Å². The van der Waals surface area contributed by atoms with Crippen molar-refractivity contribution in [3.63, 3.8) is 0 Å². The molecule has 0 saturated heterocycles. The van der Waals surface area contributed by atoms with Gasteiger partial charge in [0.25, 0.3) is 0 Å². The van der Waals surface area contributed by atoms with E-state index < -0.39 is 0 Å². The Labute approximate surface area is 83.4 Å². The van der Waals surface area contributed by atoms with Crippen molar-refractivity contribution >= 4 is 11.8 Å². The van der Waals surface area contributed by atoms with Gasteiger partial charge in [-0.2, -0.15) is 0 Å². The lowest BCUT2D eigenvalue weighted by molar-refractivity contribution is 0.793. The summed E-state index contributed by atoms with van der Waals surface area (Å²) < 4.78 is 0. The normalized spacial score (nSPS) is 10.3. The molecular formula is C9H15N3S. The Hall–Kier alpha value is -0.610. The van der Waals surface area contributed by atoms with E-state index in [4.69, 9.17) is 0 Å². The SMILES string of the molecule is CCCSc1ncc(CNC)cn1. The van der Waals surface area contributed by atoms with Crippen molar-refractivity contribution in [2.75, 3.05) is 12.8 Å². The van der Waals surface area contributed by atoms with Gasteiger partial charge in [-0.3, -0.25) is 0 Å². The summed E-state index contributed by atoms with van der Waals surface area (Å²) in [6.07, 6.45) is 4.91. The average molecular weight is 197 g/mol. The highest BCUT2D eigenvalue weighted by Crippen LogP contribution is 2.12. The Balaban J connectivity index is 2.48. The Bertz CT molecular complexity index is 235. The molecule has 0 unspecified atom stereocenters. The summed E-state index contributed by atoms with van der Waals surface area (Å²) in [5, 5.41) is 3.94. The number of nitrogens with zero attached hydrogens (tertiary/aromatic N) is 2. The van der Waals surface area contributed by atoms with Gasteiger partial charge in [-0.1, -0.05) is 18.7 Å². The third kappa shape index (κ3) is 3.74. The number of aromatic nitrogens is 2. The molecule has 0 spiro atoms. The number of hydrogen-bond donors (Lipinski definition) is 1. The van der Waals surface area contributed by atoms with Crippen LogP contribution in [0, 0.1) is 0 Å². The molecule has 1 aromatic heterocycles. The first-order valence-electron chi connectivity index (χ1n) is 4.45. The molecular weight excluding hydrogens is 182 g/mol. The van der Waals surface area contributed by atoms with E-state index in [1.54, 1.807) is 11.8 Å².